The van der Waals surface area contributed by atoms with E-state index < -0.39 is 5.41 Å². The van der Waals surface area contributed by atoms with Gasteiger partial charge < -0.3 is 15.5 Å². The van der Waals surface area contributed by atoms with Gasteiger partial charge in [0.25, 0.3) is 0 Å². The molecule has 2 rings (SSSR count). The van der Waals surface area contributed by atoms with Crippen LogP contribution >= 0.6 is 0 Å². The molecule has 1 aromatic rings. The molecule has 1 aliphatic heterocycles. The van der Waals surface area contributed by atoms with Crippen LogP contribution in [0.25, 0.3) is 0 Å². The number of carbonyl (C=O) groups excluding carboxylic acids is 1. The Bertz CT molecular complexity index is 474. The van der Waals surface area contributed by atoms with E-state index in [1.54, 1.807) is 5.06 Å². The molecule has 0 saturated carbocycles. The van der Waals surface area contributed by atoms with Crippen LogP contribution in [0.15, 0.2) is 24.3 Å². The molecule has 0 radical (unpaired) electrons. The molecular weight excluding hydrogens is 254 g/mol. The number of piperazine rings is 1. The van der Waals surface area contributed by atoms with Crippen molar-refractivity contribution in [1.82, 2.24) is 5.06 Å². The maximum absolute atomic E-state index is 11.8. The van der Waals surface area contributed by atoms with Crippen LogP contribution in [0.3, 0.4) is 0 Å². The number of hydroxylamine groups is 2. The highest BCUT2D eigenvalue weighted by Gasteiger charge is 2.28. The molecule has 2 N–H and O–H groups in total. The number of benzene rings is 1. The maximum atomic E-state index is 11.8. The summed E-state index contributed by atoms with van der Waals surface area (Å²) < 4.78 is 0. The van der Waals surface area contributed by atoms with Crippen LogP contribution < -0.4 is 10.6 Å². The van der Waals surface area contributed by atoms with E-state index in [9.17, 15) is 4.79 Å². The van der Waals surface area contributed by atoms with E-state index in [0.717, 1.165) is 24.5 Å². The van der Waals surface area contributed by atoms with Gasteiger partial charge in [0.15, 0.2) is 0 Å². The van der Waals surface area contributed by atoms with Crippen molar-refractivity contribution in [3.05, 3.63) is 24.3 Å². The molecule has 1 saturated heterocycles. The fourth-order valence-corrected chi connectivity index (χ4v) is 2.05. The summed E-state index contributed by atoms with van der Waals surface area (Å²) in [5.41, 5.74) is 7.35. The van der Waals surface area contributed by atoms with E-state index in [2.05, 4.69) is 4.90 Å². The average molecular weight is 277 g/mol. The van der Waals surface area contributed by atoms with Gasteiger partial charge in [-0.05, 0) is 32.9 Å². The van der Waals surface area contributed by atoms with Crippen molar-refractivity contribution in [2.75, 3.05) is 36.8 Å². The third-order valence-electron chi connectivity index (χ3n) is 3.34. The minimum atomic E-state index is -0.471. The minimum Gasteiger partial charge on any atom is -0.397 e. The Hall–Kier alpha value is -1.75. The summed E-state index contributed by atoms with van der Waals surface area (Å²) in [7, 11) is 0. The fourth-order valence-electron chi connectivity index (χ4n) is 2.05. The van der Waals surface area contributed by atoms with Crippen molar-refractivity contribution in [1.29, 1.82) is 0 Å². The number of carbonyl (C=O) groups is 1. The van der Waals surface area contributed by atoms with Gasteiger partial charge in [-0.25, -0.2) is 4.79 Å². The molecule has 1 aromatic carbocycles. The molecule has 0 unspecified atom stereocenters. The molecule has 5 nitrogen and oxygen atoms in total. The van der Waals surface area contributed by atoms with Gasteiger partial charge in [-0.15, -0.1) is 5.06 Å². The maximum Gasteiger partial charge on any atom is 0.330 e. The standard InChI is InChI=1S/C15H23N3O2/c1-15(2,3)14(19)20-18-10-8-17(9-11-18)13-7-5-4-6-12(13)16/h4-7H,8-11,16H2,1-3H3. The summed E-state index contributed by atoms with van der Waals surface area (Å²) in [6.45, 7) is 8.55. The number of nitrogens with zero attached hydrogens (tertiary/aromatic N) is 2. The number of para-hydroxylation sites is 2. The molecule has 0 aliphatic carbocycles. The Kier molecular flexibility index (Phi) is 4.18. The Morgan fingerprint density at radius 2 is 1.75 bits per heavy atom. The first kappa shape index (κ1) is 14.7. The zero-order valence-electron chi connectivity index (χ0n) is 12.4. The molecule has 0 atom stereocenters. The van der Waals surface area contributed by atoms with Crippen LogP contribution in [0.4, 0.5) is 11.4 Å². The molecule has 20 heavy (non-hydrogen) atoms. The first-order valence-corrected chi connectivity index (χ1v) is 6.95. The summed E-state index contributed by atoms with van der Waals surface area (Å²) in [6.07, 6.45) is 0. The first-order chi connectivity index (χ1) is 9.38. The average Bonchev–Trinajstić information content (AvgIpc) is 2.39. The van der Waals surface area contributed by atoms with Crippen LogP contribution in [-0.2, 0) is 9.63 Å². The van der Waals surface area contributed by atoms with E-state index >= 15 is 0 Å². The van der Waals surface area contributed by atoms with E-state index in [4.69, 9.17) is 10.6 Å². The van der Waals surface area contributed by atoms with Gasteiger partial charge in [0, 0.05) is 13.1 Å². The SMILES string of the molecule is CC(C)(C)C(=O)ON1CCN(c2ccccc2N)CC1. The van der Waals surface area contributed by atoms with Gasteiger partial charge in [0.2, 0.25) is 0 Å². The molecule has 5 heteroatoms. The Labute approximate surface area is 120 Å². The van der Waals surface area contributed by atoms with E-state index in [1.165, 1.54) is 0 Å². The van der Waals surface area contributed by atoms with Crippen molar-refractivity contribution >= 4 is 17.3 Å². The van der Waals surface area contributed by atoms with Crippen molar-refractivity contribution in [3.8, 4) is 0 Å². The molecule has 1 fully saturated rings. The normalized spacial score (nSPS) is 17.1. The molecule has 1 aliphatic rings. The lowest BCUT2D eigenvalue weighted by atomic mass is 9.98. The number of hydrogen-bond donors (Lipinski definition) is 1. The highest BCUT2D eigenvalue weighted by molar-refractivity contribution is 5.75. The Morgan fingerprint density at radius 1 is 1.15 bits per heavy atom. The Balaban J connectivity index is 1.90. The second-order valence-corrected chi connectivity index (χ2v) is 6.10. The number of rotatable bonds is 2. The molecular formula is C15H23N3O2. The second kappa shape index (κ2) is 5.71. The lowest BCUT2D eigenvalue weighted by Crippen LogP contribution is -2.48. The summed E-state index contributed by atoms with van der Waals surface area (Å²) in [6, 6.07) is 7.84. The topological polar surface area (TPSA) is 58.8 Å². The lowest BCUT2D eigenvalue weighted by molar-refractivity contribution is -0.201. The monoisotopic (exact) mass is 277 g/mol. The first-order valence-electron chi connectivity index (χ1n) is 6.95. The van der Waals surface area contributed by atoms with E-state index in [0.29, 0.717) is 13.1 Å². The largest absolute Gasteiger partial charge is 0.397 e. The summed E-state index contributed by atoms with van der Waals surface area (Å²) in [5, 5.41) is 1.74. The predicted octanol–water partition coefficient (Wildman–Crippen LogP) is 1.90. The summed E-state index contributed by atoms with van der Waals surface area (Å²) >= 11 is 0. The van der Waals surface area contributed by atoms with Crippen LogP contribution in [0.2, 0.25) is 0 Å². The van der Waals surface area contributed by atoms with Crippen LogP contribution in [0.1, 0.15) is 20.8 Å². The number of nitrogen functional groups attached to an aromatic ring is 1. The van der Waals surface area contributed by atoms with Crippen molar-refractivity contribution in [2.24, 2.45) is 5.41 Å². The summed E-state index contributed by atoms with van der Waals surface area (Å²) in [4.78, 5) is 19.5. The van der Waals surface area contributed by atoms with Gasteiger partial charge in [-0.2, -0.15) is 0 Å². The van der Waals surface area contributed by atoms with Gasteiger partial charge >= 0.3 is 5.97 Å². The van der Waals surface area contributed by atoms with E-state index in [1.807, 2.05) is 45.0 Å². The van der Waals surface area contributed by atoms with Gasteiger partial charge in [-0.1, -0.05) is 12.1 Å². The zero-order chi connectivity index (χ0) is 14.8. The Morgan fingerprint density at radius 3 is 2.30 bits per heavy atom. The van der Waals surface area contributed by atoms with Gasteiger partial charge in [0.1, 0.15) is 0 Å². The summed E-state index contributed by atoms with van der Waals surface area (Å²) in [5.74, 6) is -0.190. The van der Waals surface area contributed by atoms with Crippen LogP contribution in [0.5, 0.6) is 0 Å². The predicted molar refractivity (Wildman–Crippen MR) is 80.2 cm³/mol. The molecule has 110 valence electrons. The highest BCUT2D eigenvalue weighted by Crippen LogP contribution is 2.24. The molecule has 0 spiro atoms. The van der Waals surface area contributed by atoms with Crippen molar-refractivity contribution in [2.45, 2.75) is 20.8 Å². The molecule has 0 bridgehead atoms. The number of anilines is 2. The molecule has 0 aromatic heterocycles. The molecule has 0 amide bonds. The van der Waals surface area contributed by atoms with Gasteiger partial charge in [-0.3, -0.25) is 0 Å². The third kappa shape index (κ3) is 3.42. The molecule has 1 heterocycles. The second-order valence-electron chi connectivity index (χ2n) is 6.10. The minimum absolute atomic E-state index is 0.190. The number of nitrogens with two attached hydrogens (primary N) is 1. The lowest BCUT2D eigenvalue weighted by Gasteiger charge is -2.36. The van der Waals surface area contributed by atoms with E-state index in [-0.39, 0.29) is 5.97 Å². The van der Waals surface area contributed by atoms with Crippen LogP contribution in [0, 0.1) is 5.41 Å². The third-order valence-corrected chi connectivity index (χ3v) is 3.34. The highest BCUT2D eigenvalue weighted by atomic mass is 16.7. The zero-order valence-corrected chi connectivity index (χ0v) is 12.4. The van der Waals surface area contributed by atoms with Gasteiger partial charge in [0.05, 0.1) is 29.9 Å². The quantitative estimate of drug-likeness (QED) is 0.837. The fraction of sp³-hybridized carbons (Fsp3) is 0.533. The smallest absolute Gasteiger partial charge is 0.330 e. The number of hydrogen-bond acceptors (Lipinski definition) is 5. The van der Waals surface area contributed by atoms with Crippen molar-refractivity contribution in [3.63, 3.8) is 0 Å². The van der Waals surface area contributed by atoms with Crippen LogP contribution in [-0.4, -0.2) is 37.2 Å². The van der Waals surface area contributed by atoms with Crippen molar-refractivity contribution < 1.29 is 9.63 Å².